The van der Waals surface area contributed by atoms with E-state index in [2.05, 4.69) is 15.3 Å². The third-order valence-corrected chi connectivity index (χ3v) is 6.76. The molecule has 1 saturated heterocycles. The molecule has 3 aromatic heterocycles. The molecule has 4 amide bonds. The van der Waals surface area contributed by atoms with Crippen molar-refractivity contribution in [3.8, 4) is 11.3 Å². The van der Waals surface area contributed by atoms with E-state index in [4.69, 9.17) is 9.72 Å². The van der Waals surface area contributed by atoms with Crippen LogP contribution in [0.15, 0.2) is 36.7 Å². The molecular formula is C26H31N7O4. The first-order valence-electron chi connectivity index (χ1n) is 12.2. The van der Waals surface area contributed by atoms with Crippen LogP contribution in [0.4, 0.5) is 16.3 Å². The van der Waals surface area contributed by atoms with Crippen LogP contribution in [0.3, 0.4) is 0 Å². The van der Waals surface area contributed by atoms with E-state index in [0.717, 1.165) is 16.8 Å². The first-order chi connectivity index (χ1) is 17.9. The average Bonchev–Trinajstić information content (AvgIpc) is 2.89. The van der Waals surface area contributed by atoms with Gasteiger partial charge < -0.3 is 19.9 Å². The lowest BCUT2D eigenvalue weighted by molar-refractivity contribution is -0.136. The fourth-order valence-corrected chi connectivity index (χ4v) is 4.97. The Bertz CT molecular complexity index is 1360. The van der Waals surface area contributed by atoms with Gasteiger partial charge in [-0.1, -0.05) is 0 Å². The number of hydrogen-bond donors (Lipinski definition) is 1. The van der Waals surface area contributed by atoms with Gasteiger partial charge in [0.1, 0.15) is 17.9 Å². The van der Waals surface area contributed by atoms with E-state index in [1.807, 2.05) is 29.3 Å². The second-order valence-electron chi connectivity index (χ2n) is 9.36. The number of likely N-dealkylation sites (tertiary alicyclic amines) is 1. The van der Waals surface area contributed by atoms with Gasteiger partial charge in [0, 0.05) is 65.2 Å². The first kappa shape index (κ1) is 24.6. The summed E-state index contributed by atoms with van der Waals surface area (Å²) >= 11 is 0. The number of methoxy groups -OCH3 is 1. The summed E-state index contributed by atoms with van der Waals surface area (Å²) in [7, 11) is 3.30. The van der Waals surface area contributed by atoms with Crippen LogP contribution in [-0.2, 0) is 20.9 Å². The maximum absolute atomic E-state index is 13.5. The Kier molecular flexibility index (Phi) is 6.70. The number of anilines is 2. The van der Waals surface area contributed by atoms with Crippen molar-refractivity contribution in [2.75, 3.05) is 44.1 Å². The van der Waals surface area contributed by atoms with Gasteiger partial charge in [-0.2, -0.15) is 0 Å². The summed E-state index contributed by atoms with van der Waals surface area (Å²) in [6.45, 7) is 3.05. The van der Waals surface area contributed by atoms with E-state index in [-0.39, 0.29) is 31.9 Å². The van der Waals surface area contributed by atoms with Crippen LogP contribution in [0.1, 0.15) is 26.8 Å². The molecule has 1 N–H and O–H groups in total. The van der Waals surface area contributed by atoms with Crippen molar-refractivity contribution in [1.82, 2.24) is 24.8 Å². The van der Waals surface area contributed by atoms with Crippen LogP contribution in [0.2, 0.25) is 0 Å². The number of piperidine rings is 1. The van der Waals surface area contributed by atoms with Crippen molar-refractivity contribution < 1.29 is 20.5 Å². The van der Waals surface area contributed by atoms with Crippen LogP contribution >= 0.6 is 0 Å². The lowest BCUT2D eigenvalue weighted by atomic mass is 9.99. The fourth-order valence-electron chi connectivity index (χ4n) is 4.97. The quantitative estimate of drug-likeness (QED) is 0.566. The van der Waals surface area contributed by atoms with E-state index >= 15 is 0 Å². The second-order valence-corrected chi connectivity index (χ2v) is 9.36. The average molecular weight is 506 g/mol. The Morgan fingerprint density at radius 3 is 2.59 bits per heavy atom. The van der Waals surface area contributed by atoms with Gasteiger partial charge in [-0.25, -0.2) is 14.8 Å². The molecule has 0 radical (unpaired) electrons. The second kappa shape index (κ2) is 10.1. The number of urea groups is 1. The number of pyridine rings is 3. The molecule has 37 heavy (non-hydrogen) atoms. The molecule has 0 atom stereocenters. The van der Waals surface area contributed by atoms with Crippen molar-refractivity contribution in [3.05, 3.63) is 42.2 Å². The van der Waals surface area contributed by atoms with Gasteiger partial charge in [0.05, 0.1) is 23.4 Å². The molecule has 194 valence electrons. The molecule has 0 saturated carbocycles. The molecule has 11 nitrogen and oxygen atoms in total. The molecule has 5 heterocycles. The molecule has 1 fully saturated rings. The molecule has 5 rings (SSSR count). The predicted octanol–water partition coefficient (Wildman–Crippen LogP) is 2.91. The molecule has 2 aliphatic heterocycles. The highest BCUT2D eigenvalue weighted by Crippen LogP contribution is 2.37. The zero-order valence-corrected chi connectivity index (χ0v) is 21.1. The Balaban J connectivity index is 0.00000336. The maximum atomic E-state index is 13.5. The summed E-state index contributed by atoms with van der Waals surface area (Å²) in [5.41, 5.74) is 4.52. The Labute approximate surface area is 215 Å². The first-order valence-corrected chi connectivity index (χ1v) is 12.2. The maximum Gasteiger partial charge on any atom is 0.324 e. The summed E-state index contributed by atoms with van der Waals surface area (Å²) in [5, 5.41) is 2.66. The third kappa shape index (κ3) is 4.82. The van der Waals surface area contributed by atoms with Gasteiger partial charge in [0.2, 0.25) is 11.8 Å². The zero-order valence-electron chi connectivity index (χ0n) is 21.1. The highest BCUT2D eigenvalue weighted by molar-refractivity contribution is 6.04. The summed E-state index contributed by atoms with van der Waals surface area (Å²) < 4.78 is 5.00. The molecule has 11 heteroatoms. The lowest BCUT2D eigenvalue weighted by Gasteiger charge is -2.43. The van der Waals surface area contributed by atoms with Gasteiger partial charge in [-0.3, -0.25) is 19.5 Å². The summed E-state index contributed by atoms with van der Waals surface area (Å²) in [6.07, 6.45) is 4.79. The van der Waals surface area contributed by atoms with Crippen LogP contribution in [0.5, 0.6) is 0 Å². The molecule has 0 unspecified atom stereocenters. The summed E-state index contributed by atoms with van der Waals surface area (Å²) in [6, 6.07) is 7.18. The smallest absolute Gasteiger partial charge is 0.324 e. The molecule has 0 aliphatic carbocycles. The Morgan fingerprint density at radius 1 is 1.14 bits per heavy atom. The number of ether oxygens (including phenoxy) is 1. The molecule has 0 spiro atoms. The number of nitrogens with one attached hydrogen (secondary N) is 1. The Hall–Kier alpha value is -4.12. The van der Waals surface area contributed by atoms with Crippen molar-refractivity contribution >= 4 is 40.4 Å². The number of hydrogen-bond acceptors (Lipinski definition) is 7. The zero-order chi connectivity index (χ0) is 26.1. The number of fused-ring (bicyclic) bond motifs is 3. The monoisotopic (exact) mass is 505 g/mol. The molecule has 0 bridgehead atoms. The number of aromatic nitrogens is 3. The highest BCUT2D eigenvalue weighted by atomic mass is 16.5. The van der Waals surface area contributed by atoms with Crippen molar-refractivity contribution in [2.45, 2.75) is 32.4 Å². The number of nitrogens with zero attached hydrogens (tertiary/aromatic N) is 6. The van der Waals surface area contributed by atoms with E-state index in [0.29, 0.717) is 55.0 Å². The Morgan fingerprint density at radius 2 is 1.92 bits per heavy atom. The minimum absolute atomic E-state index is 0. The normalized spacial score (nSPS) is 16.2. The van der Waals surface area contributed by atoms with Crippen LogP contribution in [0.25, 0.3) is 22.3 Å². The van der Waals surface area contributed by atoms with E-state index in [1.54, 1.807) is 29.1 Å². The third-order valence-electron chi connectivity index (χ3n) is 6.76. The van der Waals surface area contributed by atoms with Gasteiger partial charge >= 0.3 is 6.03 Å². The molecule has 2 aliphatic rings. The highest BCUT2D eigenvalue weighted by Gasteiger charge is 2.37. The summed E-state index contributed by atoms with van der Waals surface area (Å²) in [5.74, 6) is 0.235. The van der Waals surface area contributed by atoms with Crippen molar-refractivity contribution in [3.63, 3.8) is 0 Å². The van der Waals surface area contributed by atoms with E-state index in [1.165, 1.54) is 14.0 Å². The minimum Gasteiger partial charge on any atom is -0.375 e. The van der Waals surface area contributed by atoms with Crippen molar-refractivity contribution in [1.29, 1.82) is 0 Å². The van der Waals surface area contributed by atoms with Crippen LogP contribution < -0.4 is 10.2 Å². The SMILES string of the molecule is COCC(=O)N1CCC(N2C(=O)N(C)Cc3cnc4ccc(-c5ccc(NC(C)=O)nc5)nc4c32)CC1.[HH]. The van der Waals surface area contributed by atoms with E-state index < -0.39 is 0 Å². The standard InChI is InChI=1S/C26H29N7O4.H2/c1-16(34)29-22-7-4-17(12-28-22)20-5-6-21-24(30-20)25-18(13-27-21)14-31(2)26(36)33(25)19-8-10-32(11-9-19)23(35)15-37-3;/h4-7,12-13,19H,8-11,14-15H2,1-3H3,(H,28,29,34);1H. The van der Waals surface area contributed by atoms with Gasteiger partial charge in [0.15, 0.2) is 0 Å². The van der Waals surface area contributed by atoms with Gasteiger partial charge in [-0.05, 0) is 37.1 Å². The summed E-state index contributed by atoms with van der Waals surface area (Å²) in [4.78, 5) is 56.3. The number of rotatable bonds is 5. The topological polar surface area (TPSA) is 121 Å². The molecule has 3 aromatic rings. The molecular weight excluding hydrogens is 474 g/mol. The van der Waals surface area contributed by atoms with Gasteiger partial charge in [0.25, 0.3) is 0 Å². The van der Waals surface area contributed by atoms with Crippen LogP contribution in [-0.4, -0.2) is 82.5 Å². The fraction of sp³-hybridized carbons (Fsp3) is 0.385. The number of carbonyl (C=O) groups is 3. The minimum atomic E-state index is -0.189. The van der Waals surface area contributed by atoms with Gasteiger partial charge in [-0.15, -0.1) is 0 Å². The van der Waals surface area contributed by atoms with E-state index in [9.17, 15) is 14.4 Å². The van der Waals surface area contributed by atoms with Crippen molar-refractivity contribution in [2.24, 2.45) is 0 Å². The number of amides is 4. The van der Waals surface area contributed by atoms with Crippen LogP contribution in [0, 0.1) is 0 Å². The largest absolute Gasteiger partial charge is 0.375 e. The predicted molar refractivity (Wildman–Crippen MR) is 140 cm³/mol. The lowest BCUT2D eigenvalue weighted by Crippen LogP contribution is -2.54. The number of carbonyl (C=O) groups excluding carboxylic acids is 3. The molecule has 0 aromatic carbocycles.